The number of thioether (sulfide) groups is 1. The molecule has 0 saturated heterocycles. The maximum Gasteiger partial charge on any atom is 0.191 e. The lowest BCUT2D eigenvalue weighted by Gasteiger charge is -2.37. The number of hydrogen-bond acceptors (Lipinski definition) is 9. The summed E-state index contributed by atoms with van der Waals surface area (Å²) in [5.41, 5.74) is 5.53. The highest BCUT2D eigenvalue weighted by atomic mass is 32.2. The van der Waals surface area contributed by atoms with Crippen LogP contribution in [0.25, 0.3) is 0 Å². The summed E-state index contributed by atoms with van der Waals surface area (Å²) in [5.74, 6) is 0.0602. The van der Waals surface area contributed by atoms with Crippen LogP contribution in [0.15, 0.2) is 10.1 Å². The van der Waals surface area contributed by atoms with Gasteiger partial charge in [0.1, 0.15) is 11.8 Å². The van der Waals surface area contributed by atoms with Gasteiger partial charge in [-0.05, 0) is 25.5 Å². The average molecular weight is 339 g/mol. The van der Waals surface area contributed by atoms with E-state index in [-0.39, 0.29) is 18.3 Å². The number of fused-ring (bicyclic) bond motifs is 2. The van der Waals surface area contributed by atoms with Gasteiger partial charge in [-0.15, -0.1) is 0 Å². The smallest absolute Gasteiger partial charge is 0.191 e. The molecule has 1 saturated carbocycles. The Labute approximate surface area is 138 Å². The van der Waals surface area contributed by atoms with Gasteiger partial charge in [0.25, 0.3) is 0 Å². The average Bonchev–Trinajstić information content (AvgIpc) is 2.68. The number of nitrogen functional groups attached to an aromatic ring is 1. The molecule has 2 heterocycles. The van der Waals surface area contributed by atoms with Crippen LogP contribution in [0, 0.1) is 11.8 Å². The van der Waals surface area contributed by atoms with Crippen molar-refractivity contribution in [2.24, 2.45) is 16.8 Å². The number of nitrogens with zero attached hydrogens (tertiary/aromatic N) is 3. The van der Waals surface area contributed by atoms with Crippen molar-refractivity contribution in [3.05, 3.63) is 0 Å². The van der Waals surface area contributed by atoms with E-state index in [2.05, 4.69) is 20.3 Å². The number of anilines is 2. The van der Waals surface area contributed by atoms with E-state index in [9.17, 15) is 15.3 Å². The lowest BCUT2D eigenvalue weighted by Crippen LogP contribution is -2.50. The fourth-order valence-corrected chi connectivity index (χ4v) is 3.95. The van der Waals surface area contributed by atoms with Gasteiger partial charge in [-0.3, -0.25) is 4.99 Å². The van der Waals surface area contributed by atoms with Crippen molar-refractivity contribution in [1.29, 1.82) is 0 Å². The molecule has 1 aromatic rings. The fraction of sp³-hybridized carbons (Fsp3) is 0.643. The Kier molecular flexibility index (Phi) is 4.21. The Hall–Kier alpha value is -1.42. The molecule has 0 radical (unpaired) electrons. The number of aromatic nitrogens is 2. The minimum atomic E-state index is -1.04. The van der Waals surface area contributed by atoms with Gasteiger partial charge in [-0.25, -0.2) is 9.97 Å². The van der Waals surface area contributed by atoms with Crippen LogP contribution in [-0.4, -0.2) is 62.1 Å². The molecule has 1 aliphatic carbocycles. The first-order chi connectivity index (χ1) is 10.9. The van der Waals surface area contributed by atoms with Gasteiger partial charge in [0, 0.05) is 18.7 Å². The van der Waals surface area contributed by atoms with Gasteiger partial charge in [-0.1, -0.05) is 11.8 Å². The minimum Gasteiger partial charge on any atom is -0.396 e. The van der Waals surface area contributed by atoms with E-state index in [1.165, 1.54) is 11.8 Å². The zero-order valence-electron chi connectivity index (χ0n) is 13.0. The summed E-state index contributed by atoms with van der Waals surface area (Å²) < 4.78 is 0. The largest absolute Gasteiger partial charge is 0.396 e. The summed E-state index contributed by atoms with van der Waals surface area (Å²) in [7, 11) is 0. The van der Waals surface area contributed by atoms with Crippen molar-refractivity contribution in [2.45, 2.75) is 36.2 Å². The summed E-state index contributed by atoms with van der Waals surface area (Å²) in [4.78, 5) is 12.9. The molecule has 23 heavy (non-hydrogen) atoms. The summed E-state index contributed by atoms with van der Waals surface area (Å²) in [6, 6.07) is 0. The highest BCUT2D eigenvalue weighted by Gasteiger charge is 2.57. The Morgan fingerprint density at radius 3 is 2.83 bits per heavy atom. The van der Waals surface area contributed by atoms with Crippen LogP contribution in [0.3, 0.4) is 0 Å². The molecule has 0 bridgehead atoms. The van der Waals surface area contributed by atoms with E-state index >= 15 is 0 Å². The first-order valence-electron chi connectivity index (χ1n) is 7.41. The quantitative estimate of drug-likeness (QED) is 0.375. The van der Waals surface area contributed by atoms with Crippen LogP contribution < -0.4 is 11.1 Å². The third-order valence-electron chi connectivity index (χ3n) is 4.91. The van der Waals surface area contributed by atoms with E-state index in [4.69, 9.17) is 5.73 Å². The maximum atomic E-state index is 10.5. The second kappa shape index (κ2) is 5.90. The molecule has 0 amide bonds. The first kappa shape index (κ1) is 16.4. The van der Waals surface area contributed by atoms with E-state index < -0.39 is 23.7 Å². The summed E-state index contributed by atoms with van der Waals surface area (Å²) in [6.07, 6.45) is 1.96. The Bertz CT molecular complexity index is 643. The topological polar surface area (TPSA) is 137 Å². The number of nitrogens with one attached hydrogen (secondary N) is 1. The Morgan fingerprint density at radius 1 is 1.43 bits per heavy atom. The Morgan fingerprint density at radius 2 is 2.17 bits per heavy atom. The zero-order valence-corrected chi connectivity index (χ0v) is 13.8. The van der Waals surface area contributed by atoms with Crippen LogP contribution in [0.1, 0.15) is 13.3 Å². The van der Waals surface area contributed by atoms with Crippen LogP contribution >= 0.6 is 11.8 Å². The normalized spacial score (nSPS) is 35.9. The predicted molar refractivity (Wildman–Crippen MR) is 89.1 cm³/mol. The van der Waals surface area contributed by atoms with Crippen molar-refractivity contribution in [3.63, 3.8) is 0 Å². The second-order valence-corrected chi connectivity index (χ2v) is 6.91. The molecular formula is C14H21N5O3S. The van der Waals surface area contributed by atoms with Gasteiger partial charge in [0.15, 0.2) is 16.8 Å². The third-order valence-corrected chi connectivity index (χ3v) is 5.46. The van der Waals surface area contributed by atoms with E-state index in [1.807, 2.05) is 13.2 Å². The maximum absolute atomic E-state index is 10.5. The van der Waals surface area contributed by atoms with Gasteiger partial charge < -0.3 is 26.4 Å². The van der Waals surface area contributed by atoms with Crippen LogP contribution in [0.5, 0.6) is 0 Å². The predicted octanol–water partition coefficient (Wildman–Crippen LogP) is 0.0174. The highest BCUT2D eigenvalue weighted by molar-refractivity contribution is 7.98. The molecule has 126 valence electrons. The summed E-state index contributed by atoms with van der Waals surface area (Å²) >= 11 is 1.35. The number of aliphatic imine (C=N–C) groups is 1. The van der Waals surface area contributed by atoms with Crippen LogP contribution in [0.2, 0.25) is 0 Å². The Balaban J connectivity index is 2.10. The van der Waals surface area contributed by atoms with E-state index in [0.29, 0.717) is 23.1 Å². The molecule has 0 unspecified atom stereocenters. The number of hydrogen-bond donors (Lipinski definition) is 5. The van der Waals surface area contributed by atoms with Gasteiger partial charge in [0.2, 0.25) is 0 Å². The van der Waals surface area contributed by atoms with Crippen molar-refractivity contribution < 1.29 is 15.3 Å². The van der Waals surface area contributed by atoms with Gasteiger partial charge in [0.05, 0.1) is 11.6 Å². The molecule has 6 N–H and O–H groups in total. The second-order valence-electron chi connectivity index (χ2n) is 6.14. The summed E-state index contributed by atoms with van der Waals surface area (Å²) in [5, 5.41) is 34.1. The van der Waals surface area contributed by atoms with Gasteiger partial charge in [-0.2, -0.15) is 0 Å². The van der Waals surface area contributed by atoms with Crippen molar-refractivity contribution >= 4 is 35.3 Å². The third kappa shape index (κ3) is 2.47. The van der Waals surface area contributed by atoms with E-state index in [0.717, 1.165) is 0 Å². The molecule has 1 aliphatic heterocycles. The number of aliphatic hydroxyl groups is 3. The van der Waals surface area contributed by atoms with Gasteiger partial charge >= 0.3 is 0 Å². The molecule has 2 aliphatic rings. The van der Waals surface area contributed by atoms with Crippen LogP contribution in [-0.2, 0) is 0 Å². The summed E-state index contributed by atoms with van der Waals surface area (Å²) in [6.45, 7) is 1.62. The molecule has 3 rings (SSSR count). The van der Waals surface area contributed by atoms with E-state index in [1.54, 1.807) is 6.21 Å². The van der Waals surface area contributed by atoms with Crippen LogP contribution in [0.4, 0.5) is 17.3 Å². The fourth-order valence-electron chi connectivity index (χ4n) is 3.58. The van der Waals surface area contributed by atoms with Crippen molar-refractivity contribution in [1.82, 2.24) is 9.97 Å². The molecule has 8 nitrogen and oxygen atoms in total. The molecule has 1 fully saturated rings. The number of rotatable bonds is 2. The molecular weight excluding hydrogens is 318 g/mol. The monoisotopic (exact) mass is 339 g/mol. The first-order valence-corrected chi connectivity index (χ1v) is 8.64. The lowest BCUT2D eigenvalue weighted by molar-refractivity contribution is -0.00642. The zero-order chi connectivity index (χ0) is 16.8. The number of aliphatic hydroxyl groups excluding tert-OH is 3. The molecule has 0 spiro atoms. The lowest BCUT2D eigenvalue weighted by atomic mass is 9.81. The molecule has 1 aromatic heterocycles. The standard InChI is InChI=1S/C14H21N5O3S/c1-14-7(6(5-20)9(21)10(14)22)3-4-16-8-11(15)17-13(23-2)18-12(8)19-14/h4,6-7,9-10,20-22H,3,5H2,1-2H3,(H3,15,17,18,19)/t6-,7-,9+,10+,14+/m0/s1. The highest BCUT2D eigenvalue weighted by Crippen LogP contribution is 2.46. The molecule has 9 heteroatoms. The number of nitrogens with two attached hydrogens (primary N) is 1. The molecule has 5 atom stereocenters. The van der Waals surface area contributed by atoms with Crippen molar-refractivity contribution in [3.8, 4) is 0 Å². The minimum absolute atomic E-state index is 0.191. The van der Waals surface area contributed by atoms with Crippen molar-refractivity contribution in [2.75, 3.05) is 23.9 Å². The molecule has 0 aromatic carbocycles. The SMILES string of the molecule is CSc1nc(N)c2c(n1)N[C@@]1(C)[C@H](O)[C@H](O)[C@@H](CO)[C@@H]1CC=N2.